The van der Waals surface area contributed by atoms with E-state index in [2.05, 4.69) is 14.7 Å². The van der Waals surface area contributed by atoms with Crippen LogP contribution in [0.25, 0.3) is 21.8 Å². The number of rotatable bonds is 6. The smallest absolute Gasteiger partial charge is 0.264 e. The van der Waals surface area contributed by atoms with E-state index in [4.69, 9.17) is 27.1 Å². The summed E-state index contributed by atoms with van der Waals surface area (Å²) >= 11 is 8.14. The van der Waals surface area contributed by atoms with Crippen LogP contribution in [0.15, 0.2) is 53.6 Å². The van der Waals surface area contributed by atoms with Crippen LogP contribution in [0.4, 0.5) is 20.4 Å². The van der Waals surface area contributed by atoms with E-state index in [1.165, 1.54) is 23.6 Å². The lowest BCUT2D eigenvalue weighted by Crippen LogP contribution is -2.15. The number of hydrogen-bond acceptors (Lipinski definition) is 8. The maximum atomic E-state index is 14.2. The lowest BCUT2D eigenvalue weighted by atomic mass is 10.0. The van der Waals surface area contributed by atoms with Gasteiger partial charge in [0.15, 0.2) is 0 Å². The van der Waals surface area contributed by atoms with Crippen LogP contribution < -0.4 is 10.5 Å². The van der Waals surface area contributed by atoms with Gasteiger partial charge in [0.25, 0.3) is 10.0 Å². The van der Waals surface area contributed by atoms with Crippen molar-refractivity contribution >= 4 is 44.6 Å². The number of sulfonamides is 1. The van der Waals surface area contributed by atoms with Crippen LogP contribution in [0.5, 0.6) is 0 Å². The minimum atomic E-state index is -4.49. The molecule has 3 heterocycles. The normalized spacial score (nSPS) is 14.6. The van der Waals surface area contributed by atoms with E-state index >= 15 is 0 Å². The van der Waals surface area contributed by atoms with Crippen molar-refractivity contribution in [3.8, 4) is 21.8 Å². The molecule has 0 bridgehead atoms. The van der Waals surface area contributed by atoms with E-state index in [1.807, 2.05) is 0 Å². The van der Waals surface area contributed by atoms with E-state index in [0.717, 1.165) is 30.0 Å². The zero-order valence-electron chi connectivity index (χ0n) is 19.1. The molecule has 0 atom stereocenters. The summed E-state index contributed by atoms with van der Waals surface area (Å²) in [4.78, 5) is 13.0. The summed E-state index contributed by atoms with van der Waals surface area (Å²) in [6.45, 7) is 1.26. The first-order valence-electron chi connectivity index (χ1n) is 11.2. The molecule has 37 heavy (non-hydrogen) atoms. The first-order valence-corrected chi connectivity index (χ1v) is 13.8. The molecule has 1 aliphatic rings. The Hall–Kier alpha value is -3.19. The van der Waals surface area contributed by atoms with Crippen molar-refractivity contribution in [3.05, 3.63) is 70.3 Å². The molecule has 1 aliphatic heterocycles. The Kier molecular flexibility index (Phi) is 7.08. The number of nitrogen functional groups attached to an aromatic ring is 1. The number of anilines is 2. The molecule has 0 amide bonds. The van der Waals surface area contributed by atoms with Gasteiger partial charge in [-0.2, -0.15) is 0 Å². The predicted octanol–water partition coefficient (Wildman–Crippen LogP) is 5.48. The molecule has 2 aromatic carbocycles. The summed E-state index contributed by atoms with van der Waals surface area (Å²) in [7, 11) is -4.49. The van der Waals surface area contributed by atoms with Gasteiger partial charge in [0.2, 0.25) is 5.95 Å². The van der Waals surface area contributed by atoms with Crippen LogP contribution in [-0.4, -0.2) is 36.6 Å². The van der Waals surface area contributed by atoms with Gasteiger partial charge in [-0.3, -0.25) is 4.72 Å². The maximum absolute atomic E-state index is 14.2. The van der Waals surface area contributed by atoms with E-state index in [9.17, 15) is 17.2 Å². The molecule has 1 fully saturated rings. The third-order valence-electron chi connectivity index (χ3n) is 5.80. The van der Waals surface area contributed by atoms with Gasteiger partial charge in [0.1, 0.15) is 16.5 Å². The van der Waals surface area contributed by atoms with Crippen molar-refractivity contribution in [1.29, 1.82) is 0 Å². The van der Waals surface area contributed by atoms with Gasteiger partial charge >= 0.3 is 0 Å². The Morgan fingerprint density at radius 3 is 2.65 bits per heavy atom. The topological polar surface area (TPSA) is 120 Å². The SMILES string of the molecule is Nc1nccc(-c2sc(C3CCOCC3)nc2-c2cccc(NS(=O)(=O)c3cc(F)ccc3F)c2Cl)n1. The van der Waals surface area contributed by atoms with Gasteiger partial charge in [-0.25, -0.2) is 32.2 Å². The van der Waals surface area contributed by atoms with Crippen molar-refractivity contribution in [3.63, 3.8) is 0 Å². The molecule has 8 nitrogen and oxygen atoms in total. The van der Waals surface area contributed by atoms with E-state index < -0.39 is 26.6 Å². The highest BCUT2D eigenvalue weighted by atomic mass is 35.5. The number of nitrogens with zero attached hydrogens (tertiary/aromatic N) is 3. The highest BCUT2D eigenvalue weighted by Gasteiger charge is 2.27. The fourth-order valence-corrected chi connectivity index (χ4v) is 6.69. The second kappa shape index (κ2) is 10.3. The summed E-state index contributed by atoms with van der Waals surface area (Å²) in [6.07, 6.45) is 3.16. The van der Waals surface area contributed by atoms with Crippen LogP contribution in [0.1, 0.15) is 23.8 Å². The molecule has 4 aromatic rings. The van der Waals surface area contributed by atoms with Crippen LogP contribution in [0, 0.1) is 11.6 Å². The van der Waals surface area contributed by atoms with Crippen molar-refractivity contribution in [2.45, 2.75) is 23.7 Å². The van der Waals surface area contributed by atoms with Crippen molar-refractivity contribution in [2.75, 3.05) is 23.7 Å². The first kappa shape index (κ1) is 25.5. The van der Waals surface area contributed by atoms with Crippen LogP contribution in [-0.2, 0) is 14.8 Å². The van der Waals surface area contributed by atoms with Crippen LogP contribution in [0.3, 0.4) is 0 Å². The van der Waals surface area contributed by atoms with Gasteiger partial charge in [-0.1, -0.05) is 23.7 Å². The third kappa shape index (κ3) is 5.28. The Bertz CT molecular complexity index is 1580. The fourth-order valence-electron chi connectivity index (χ4n) is 3.99. The molecule has 1 saturated heterocycles. The molecular weight excluding hydrogens is 544 g/mol. The highest BCUT2D eigenvalue weighted by molar-refractivity contribution is 7.92. The predicted molar refractivity (Wildman–Crippen MR) is 138 cm³/mol. The van der Waals surface area contributed by atoms with Gasteiger partial charge in [0.05, 0.1) is 32.0 Å². The van der Waals surface area contributed by atoms with Crippen molar-refractivity contribution in [2.24, 2.45) is 0 Å². The number of nitrogens with two attached hydrogens (primary N) is 1. The standard InChI is InChI=1S/C24H20ClF2N5O3S2/c25-20-15(2-1-3-17(20)32-37(33,34)19-12-14(26)4-5-16(19)27)21-22(18-6-9-29-24(28)30-18)36-23(31-21)13-7-10-35-11-8-13/h1-6,9,12-13,32H,7-8,10-11H2,(H2,28,29,30). The number of ether oxygens (including phenoxy) is 1. The van der Waals surface area contributed by atoms with Crippen molar-refractivity contribution in [1.82, 2.24) is 15.0 Å². The number of halogens is 3. The summed E-state index contributed by atoms with van der Waals surface area (Å²) in [5, 5.41) is 0.907. The van der Waals surface area contributed by atoms with Crippen molar-refractivity contribution < 1.29 is 21.9 Å². The molecule has 0 aliphatic carbocycles. The average molecular weight is 564 g/mol. The third-order valence-corrected chi connectivity index (χ3v) is 8.83. The monoisotopic (exact) mass is 563 g/mol. The molecule has 13 heteroatoms. The van der Waals surface area contributed by atoms with Gasteiger partial charge in [-0.05, 0) is 43.2 Å². The zero-order chi connectivity index (χ0) is 26.2. The maximum Gasteiger partial charge on any atom is 0.264 e. The minimum absolute atomic E-state index is 0.0170. The minimum Gasteiger partial charge on any atom is -0.381 e. The van der Waals surface area contributed by atoms with Gasteiger partial charge in [0, 0.05) is 30.9 Å². The van der Waals surface area contributed by atoms with Crippen LogP contribution in [0.2, 0.25) is 5.02 Å². The number of aromatic nitrogens is 3. The highest BCUT2D eigenvalue weighted by Crippen LogP contribution is 2.44. The summed E-state index contributed by atoms with van der Waals surface area (Å²) in [6, 6.07) is 8.60. The zero-order valence-corrected chi connectivity index (χ0v) is 21.5. The summed E-state index contributed by atoms with van der Waals surface area (Å²) in [5.74, 6) is -1.71. The van der Waals surface area contributed by atoms with E-state index in [0.29, 0.717) is 41.1 Å². The number of benzene rings is 2. The molecule has 2 aromatic heterocycles. The molecule has 3 N–H and O–H groups in total. The number of hydrogen-bond donors (Lipinski definition) is 2. The number of nitrogens with one attached hydrogen (secondary N) is 1. The molecule has 0 saturated carbocycles. The average Bonchev–Trinajstić information content (AvgIpc) is 3.32. The lowest BCUT2D eigenvalue weighted by Gasteiger charge is -2.19. The Morgan fingerprint density at radius 2 is 1.89 bits per heavy atom. The quantitative estimate of drug-likeness (QED) is 0.319. The van der Waals surface area contributed by atoms with E-state index in [-0.39, 0.29) is 22.6 Å². The summed E-state index contributed by atoms with van der Waals surface area (Å²) < 4.78 is 61.4. The number of thiazole rings is 1. The Morgan fingerprint density at radius 1 is 1.11 bits per heavy atom. The molecule has 5 rings (SSSR count). The largest absolute Gasteiger partial charge is 0.381 e. The molecule has 192 valence electrons. The first-order chi connectivity index (χ1) is 17.7. The second-order valence-electron chi connectivity index (χ2n) is 8.26. The van der Waals surface area contributed by atoms with Crippen LogP contribution >= 0.6 is 22.9 Å². The van der Waals surface area contributed by atoms with E-state index in [1.54, 1.807) is 18.2 Å². The molecule has 0 spiro atoms. The van der Waals surface area contributed by atoms with Gasteiger partial charge in [-0.15, -0.1) is 11.3 Å². The Labute approximate surface area is 220 Å². The fraction of sp³-hybridized carbons (Fsp3) is 0.208. The molecule has 0 radical (unpaired) electrons. The molecule has 0 unspecified atom stereocenters. The van der Waals surface area contributed by atoms with Gasteiger partial charge < -0.3 is 10.5 Å². The lowest BCUT2D eigenvalue weighted by molar-refractivity contribution is 0.0853. The summed E-state index contributed by atoms with van der Waals surface area (Å²) in [5.41, 5.74) is 7.27. The Balaban J connectivity index is 1.59. The second-order valence-corrected chi connectivity index (χ2v) is 11.3. The molecular formula is C24H20ClF2N5O3S2.